The Bertz CT molecular complexity index is 321. The highest BCUT2D eigenvalue weighted by atomic mass is 32.1. The first-order valence-corrected chi connectivity index (χ1v) is 6.45. The Morgan fingerprint density at radius 2 is 2.62 bits per heavy atom. The average Bonchev–Trinajstić information content (AvgIpc) is 2.84. The van der Waals surface area contributed by atoms with Crippen molar-refractivity contribution in [2.24, 2.45) is 5.92 Å². The third-order valence-electron chi connectivity index (χ3n) is 2.66. The molecule has 2 heterocycles. The average molecular weight is 240 g/mol. The van der Waals surface area contributed by atoms with Gasteiger partial charge in [-0.3, -0.25) is 4.79 Å². The number of nitrogens with one attached hydrogen (secondary N) is 1. The van der Waals surface area contributed by atoms with Gasteiger partial charge in [0.2, 0.25) is 5.78 Å². The van der Waals surface area contributed by atoms with Crippen LogP contribution in [-0.4, -0.2) is 37.1 Å². The van der Waals surface area contributed by atoms with E-state index in [0.29, 0.717) is 17.5 Å². The van der Waals surface area contributed by atoms with Crippen LogP contribution in [0.3, 0.4) is 0 Å². The normalized spacial score (nSPS) is 20.9. The van der Waals surface area contributed by atoms with Crippen molar-refractivity contribution in [1.29, 1.82) is 0 Å². The number of Topliss-reactive ketones (excluding diaryl/α,β-unsaturated/α-hetero) is 1. The summed E-state index contributed by atoms with van der Waals surface area (Å²) in [5.41, 5.74) is 0. The number of ketones is 1. The van der Waals surface area contributed by atoms with Crippen LogP contribution in [0.1, 0.15) is 22.6 Å². The SMILES string of the molecule is O=C(COCC1CCCNC1)c1nccs1. The van der Waals surface area contributed by atoms with Gasteiger partial charge in [-0.15, -0.1) is 11.3 Å². The molecule has 0 aromatic carbocycles. The second-order valence-corrected chi connectivity index (χ2v) is 4.88. The fraction of sp³-hybridized carbons (Fsp3) is 0.636. The standard InChI is InChI=1S/C11H16N2O2S/c14-10(11-13-4-5-16-11)8-15-7-9-2-1-3-12-6-9/h4-5,9,12H,1-3,6-8H2. The second kappa shape index (κ2) is 6.08. The molecule has 1 saturated heterocycles. The molecule has 4 nitrogen and oxygen atoms in total. The van der Waals surface area contributed by atoms with E-state index in [1.165, 1.54) is 24.2 Å². The Hall–Kier alpha value is -0.780. The summed E-state index contributed by atoms with van der Waals surface area (Å²) >= 11 is 1.36. The van der Waals surface area contributed by atoms with Crippen LogP contribution >= 0.6 is 11.3 Å². The van der Waals surface area contributed by atoms with Gasteiger partial charge in [0.15, 0.2) is 5.01 Å². The van der Waals surface area contributed by atoms with E-state index in [1.807, 2.05) is 0 Å². The number of thiazole rings is 1. The van der Waals surface area contributed by atoms with Crippen LogP contribution in [0.15, 0.2) is 11.6 Å². The molecule has 0 radical (unpaired) electrons. The summed E-state index contributed by atoms with van der Waals surface area (Å²) in [6.07, 6.45) is 4.04. The number of hydrogen-bond acceptors (Lipinski definition) is 5. The summed E-state index contributed by atoms with van der Waals surface area (Å²) in [6, 6.07) is 0. The maximum atomic E-state index is 11.6. The van der Waals surface area contributed by atoms with E-state index in [-0.39, 0.29) is 12.4 Å². The number of rotatable bonds is 5. The molecule has 1 atom stereocenters. The summed E-state index contributed by atoms with van der Waals surface area (Å²) < 4.78 is 5.44. The third-order valence-corrected chi connectivity index (χ3v) is 3.47. The summed E-state index contributed by atoms with van der Waals surface area (Å²) in [5, 5.41) is 5.67. The number of hydrogen-bond donors (Lipinski definition) is 1. The maximum Gasteiger partial charge on any atom is 0.216 e. The van der Waals surface area contributed by atoms with Crippen LogP contribution in [0.5, 0.6) is 0 Å². The van der Waals surface area contributed by atoms with Crippen molar-refractivity contribution in [2.45, 2.75) is 12.8 Å². The molecule has 0 saturated carbocycles. The van der Waals surface area contributed by atoms with E-state index in [1.54, 1.807) is 11.6 Å². The lowest BCUT2D eigenvalue weighted by molar-refractivity contribution is 0.0645. The fourth-order valence-electron chi connectivity index (χ4n) is 1.81. The Balaban J connectivity index is 1.66. The summed E-state index contributed by atoms with van der Waals surface area (Å²) in [5.74, 6) is 0.539. The smallest absolute Gasteiger partial charge is 0.216 e. The van der Waals surface area contributed by atoms with Crippen LogP contribution in [0, 0.1) is 5.92 Å². The lowest BCUT2D eigenvalue weighted by Crippen LogP contribution is -2.32. The zero-order chi connectivity index (χ0) is 11.2. The topological polar surface area (TPSA) is 51.2 Å². The second-order valence-electron chi connectivity index (χ2n) is 3.99. The minimum atomic E-state index is -0.0150. The first-order valence-electron chi connectivity index (χ1n) is 5.57. The summed E-state index contributed by atoms with van der Waals surface area (Å²) in [6.45, 7) is 2.94. The van der Waals surface area contributed by atoms with Crippen molar-refractivity contribution in [1.82, 2.24) is 10.3 Å². The molecule has 1 aromatic rings. The van der Waals surface area contributed by atoms with Gasteiger partial charge in [-0.1, -0.05) is 0 Å². The predicted octanol–water partition coefficient (Wildman–Crippen LogP) is 1.34. The van der Waals surface area contributed by atoms with Crippen molar-refractivity contribution >= 4 is 17.1 Å². The molecule has 1 aliphatic heterocycles. The van der Waals surface area contributed by atoms with Crippen molar-refractivity contribution in [3.63, 3.8) is 0 Å². The van der Waals surface area contributed by atoms with Crippen molar-refractivity contribution in [3.8, 4) is 0 Å². The van der Waals surface area contributed by atoms with E-state index in [9.17, 15) is 4.79 Å². The van der Waals surface area contributed by atoms with Crippen molar-refractivity contribution < 1.29 is 9.53 Å². The van der Waals surface area contributed by atoms with E-state index >= 15 is 0 Å². The fourth-order valence-corrected chi connectivity index (χ4v) is 2.37. The largest absolute Gasteiger partial charge is 0.373 e. The molecule has 1 unspecified atom stereocenters. The Morgan fingerprint density at radius 3 is 3.31 bits per heavy atom. The molecule has 16 heavy (non-hydrogen) atoms. The molecule has 1 N–H and O–H groups in total. The lowest BCUT2D eigenvalue weighted by Gasteiger charge is -2.22. The van der Waals surface area contributed by atoms with Gasteiger partial charge in [-0.25, -0.2) is 4.98 Å². The number of carbonyl (C=O) groups excluding carboxylic acids is 1. The Morgan fingerprint density at radius 1 is 1.69 bits per heavy atom. The van der Waals surface area contributed by atoms with Gasteiger partial charge < -0.3 is 10.1 Å². The van der Waals surface area contributed by atoms with Gasteiger partial charge in [0.1, 0.15) is 6.61 Å². The number of ether oxygens (including phenoxy) is 1. The maximum absolute atomic E-state index is 11.6. The van der Waals surface area contributed by atoms with Gasteiger partial charge in [0, 0.05) is 18.1 Å². The molecule has 1 aromatic heterocycles. The Labute approximate surface area is 99.0 Å². The molecule has 1 aliphatic rings. The molecular weight excluding hydrogens is 224 g/mol. The highest BCUT2D eigenvalue weighted by Gasteiger charge is 2.14. The quantitative estimate of drug-likeness (QED) is 0.789. The van der Waals surface area contributed by atoms with Gasteiger partial charge >= 0.3 is 0 Å². The van der Waals surface area contributed by atoms with E-state index in [4.69, 9.17) is 4.74 Å². The summed E-state index contributed by atoms with van der Waals surface area (Å²) in [4.78, 5) is 15.5. The van der Waals surface area contributed by atoms with Crippen LogP contribution in [0.4, 0.5) is 0 Å². The number of aromatic nitrogens is 1. The van der Waals surface area contributed by atoms with Crippen LogP contribution < -0.4 is 5.32 Å². The number of carbonyl (C=O) groups is 1. The lowest BCUT2D eigenvalue weighted by atomic mass is 10.0. The van der Waals surface area contributed by atoms with Crippen LogP contribution in [0.2, 0.25) is 0 Å². The van der Waals surface area contributed by atoms with Crippen LogP contribution in [0.25, 0.3) is 0 Å². The monoisotopic (exact) mass is 240 g/mol. The molecule has 0 amide bonds. The molecule has 1 fully saturated rings. The number of piperidine rings is 1. The van der Waals surface area contributed by atoms with E-state index in [2.05, 4.69) is 10.3 Å². The van der Waals surface area contributed by atoms with Crippen LogP contribution in [-0.2, 0) is 4.74 Å². The van der Waals surface area contributed by atoms with Gasteiger partial charge in [0.25, 0.3) is 0 Å². The summed E-state index contributed by atoms with van der Waals surface area (Å²) in [7, 11) is 0. The minimum Gasteiger partial charge on any atom is -0.373 e. The molecule has 2 rings (SSSR count). The first-order chi connectivity index (χ1) is 7.86. The number of nitrogens with zero attached hydrogens (tertiary/aromatic N) is 1. The third kappa shape index (κ3) is 3.37. The minimum absolute atomic E-state index is 0.0150. The Kier molecular flexibility index (Phi) is 4.44. The first kappa shape index (κ1) is 11.7. The van der Waals surface area contributed by atoms with Gasteiger partial charge in [-0.2, -0.15) is 0 Å². The molecule has 5 heteroatoms. The van der Waals surface area contributed by atoms with Gasteiger partial charge in [0.05, 0.1) is 6.61 Å². The van der Waals surface area contributed by atoms with E-state index < -0.39 is 0 Å². The van der Waals surface area contributed by atoms with Gasteiger partial charge in [-0.05, 0) is 25.3 Å². The van der Waals surface area contributed by atoms with E-state index in [0.717, 1.165) is 13.1 Å². The molecule has 0 spiro atoms. The highest BCUT2D eigenvalue weighted by molar-refractivity contribution is 7.11. The zero-order valence-electron chi connectivity index (χ0n) is 9.15. The zero-order valence-corrected chi connectivity index (χ0v) is 9.96. The molecular formula is C11H16N2O2S. The molecule has 0 bridgehead atoms. The van der Waals surface area contributed by atoms with Crippen molar-refractivity contribution in [3.05, 3.63) is 16.6 Å². The molecule has 0 aliphatic carbocycles. The highest BCUT2D eigenvalue weighted by Crippen LogP contribution is 2.10. The van der Waals surface area contributed by atoms with Crippen molar-refractivity contribution in [2.75, 3.05) is 26.3 Å². The molecule has 88 valence electrons. The predicted molar refractivity (Wildman–Crippen MR) is 62.9 cm³/mol.